The molecule has 1 aliphatic heterocycles. The third-order valence-electron chi connectivity index (χ3n) is 7.00. The second-order valence-corrected chi connectivity index (χ2v) is 9.24. The Bertz CT molecular complexity index is 1060. The lowest BCUT2D eigenvalue weighted by molar-refractivity contribution is -0.144. The quantitative estimate of drug-likeness (QED) is 0.499. The highest BCUT2D eigenvalue weighted by Gasteiger charge is 2.35. The minimum atomic E-state index is -0.272. The van der Waals surface area contributed by atoms with Gasteiger partial charge < -0.3 is 19.1 Å². The molecule has 1 saturated carbocycles. The predicted octanol–water partition coefficient (Wildman–Crippen LogP) is 4.05. The summed E-state index contributed by atoms with van der Waals surface area (Å²) in [6.07, 6.45) is 4.45. The minimum absolute atomic E-state index is 0.0102. The number of ether oxygens (including phenoxy) is 3. The molecule has 1 heterocycles. The number of hydrazone groups is 1. The van der Waals surface area contributed by atoms with E-state index < -0.39 is 0 Å². The first-order valence-corrected chi connectivity index (χ1v) is 12.5. The lowest BCUT2D eigenvalue weighted by Gasteiger charge is -2.28. The third-order valence-corrected chi connectivity index (χ3v) is 7.00. The van der Waals surface area contributed by atoms with Gasteiger partial charge in [0.15, 0.2) is 0 Å². The van der Waals surface area contributed by atoms with Crippen LogP contribution in [0.3, 0.4) is 0 Å². The number of hydrogen-bond donors (Lipinski definition) is 0. The lowest BCUT2D eigenvalue weighted by atomic mass is 9.98. The van der Waals surface area contributed by atoms with Gasteiger partial charge >= 0.3 is 0 Å². The molecule has 0 bridgehead atoms. The fourth-order valence-electron chi connectivity index (χ4n) is 4.92. The normalized spacial score (nSPS) is 17.7. The Hall–Kier alpha value is -3.39. The maximum absolute atomic E-state index is 13.7. The number of rotatable bonds is 10. The summed E-state index contributed by atoms with van der Waals surface area (Å²) >= 11 is 0. The molecule has 0 aromatic heterocycles. The molecule has 8 nitrogen and oxygen atoms in total. The summed E-state index contributed by atoms with van der Waals surface area (Å²) in [6.45, 7) is 0.742. The molecule has 1 atom stereocenters. The first kappa shape index (κ1) is 25.7. The van der Waals surface area contributed by atoms with E-state index in [-0.39, 0.29) is 30.3 Å². The van der Waals surface area contributed by atoms with Crippen molar-refractivity contribution in [1.82, 2.24) is 9.91 Å². The van der Waals surface area contributed by atoms with Gasteiger partial charge in [0.2, 0.25) is 5.91 Å². The van der Waals surface area contributed by atoms with E-state index >= 15 is 0 Å². The Morgan fingerprint density at radius 3 is 2.14 bits per heavy atom. The van der Waals surface area contributed by atoms with E-state index in [0.29, 0.717) is 19.6 Å². The van der Waals surface area contributed by atoms with E-state index in [1.165, 1.54) is 0 Å². The largest absolute Gasteiger partial charge is 0.497 e. The maximum Gasteiger partial charge on any atom is 0.262 e. The molecular weight excluding hydrogens is 458 g/mol. The van der Waals surface area contributed by atoms with Crippen LogP contribution < -0.4 is 9.47 Å². The number of nitrogens with zero attached hydrogens (tertiary/aromatic N) is 3. The lowest BCUT2D eigenvalue weighted by Crippen LogP contribution is -2.44. The molecule has 0 spiro atoms. The highest BCUT2D eigenvalue weighted by molar-refractivity contribution is 6.03. The fraction of sp³-hybridized carbons (Fsp3) is 0.464. The Balaban J connectivity index is 1.59. The van der Waals surface area contributed by atoms with Crippen LogP contribution in [0, 0.1) is 5.92 Å². The molecule has 1 fully saturated rings. The minimum Gasteiger partial charge on any atom is -0.497 e. The average Bonchev–Trinajstić information content (AvgIpc) is 3.62. The Kier molecular flexibility index (Phi) is 8.59. The number of hydrogen-bond acceptors (Lipinski definition) is 6. The van der Waals surface area contributed by atoms with Gasteiger partial charge in [0.05, 0.1) is 32.6 Å². The maximum atomic E-state index is 13.7. The van der Waals surface area contributed by atoms with E-state index in [4.69, 9.17) is 19.3 Å². The highest BCUT2D eigenvalue weighted by atomic mass is 16.5. The van der Waals surface area contributed by atoms with Gasteiger partial charge in [-0.15, -0.1) is 0 Å². The molecular formula is C28H35N3O5. The summed E-state index contributed by atoms with van der Waals surface area (Å²) in [5.41, 5.74) is 2.71. The van der Waals surface area contributed by atoms with Gasteiger partial charge in [-0.25, -0.2) is 5.01 Å². The first-order chi connectivity index (χ1) is 17.5. The highest BCUT2D eigenvalue weighted by Crippen LogP contribution is 2.34. The van der Waals surface area contributed by atoms with Crippen LogP contribution in [0.25, 0.3) is 0 Å². The summed E-state index contributed by atoms with van der Waals surface area (Å²) in [6, 6.07) is 15.1. The van der Waals surface area contributed by atoms with E-state index in [9.17, 15) is 9.59 Å². The van der Waals surface area contributed by atoms with E-state index in [2.05, 4.69) is 0 Å². The van der Waals surface area contributed by atoms with Crippen LogP contribution >= 0.6 is 0 Å². The van der Waals surface area contributed by atoms with Crippen LogP contribution in [0.4, 0.5) is 0 Å². The molecule has 0 N–H and O–H groups in total. The van der Waals surface area contributed by atoms with Crippen molar-refractivity contribution >= 4 is 17.5 Å². The number of benzene rings is 2. The van der Waals surface area contributed by atoms with Crippen molar-refractivity contribution in [2.75, 3.05) is 41.0 Å². The molecule has 0 saturated heterocycles. The van der Waals surface area contributed by atoms with E-state index in [1.807, 2.05) is 48.5 Å². The molecule has 1 unspecified atom stereocenters. The van der Waals surface area contributed by atoms with Gasteiger partial charge in [-0.3, -0.25) is 9.59 Å². The fourth-order valence-corrected chi connectivity index (χ4v) is 4.92. The molecule has 2 aliphatic rings. The number of methoxy groups -OCH3 is 3. The Morgan fingerprint density at radius 1 is 0.944 bits per heavy atom. The van der Waals surface area contributed by atoms with Gasteiger partial charge in [0, 0.05) is 26.0 Å². The van der Waals surface area contributed by atoms with Crippen molar-refractivity contribution in [3.05, 3.63) is 59.7 Å². The van der Waals surface area contributed by atoms with E-state index in [0.717, 1.165) is 54.0 Å². The second-order valence-electron chi connectivity index (χ2n) is 9.24. The molecule has 192 valence electrons. The van der Waals surface area contributed by atoms with Gasteiger partial charge in [-0.1, -0.05) is 25.0 Å². The SMILES string of the molecule is COCCN(CC(=O)N1N=C(c2ccc(OC)cc2)CC1c1ccc(OC)cc1)C(=O)C1CCCC1. The molecule has 4 rings (SSSR count). The summed E-state index contributed by atoms with van der Waals surface area (Å²) in [5, 5.41) is 6.31. The van der Waals surface area contributed by atoms with Crippen molar-refractivity contribution in [2.24, 2.45) is 11.0 Å². The van der Waals surface area contributed by atoms with Crippen LogP contribution in [-0.2, 0) is 14.3 Å². The first-order valence-electron chi connectivity index (χ1n) is 12.5. The van der Waals surface area contributed by atoms with Crippen LogP contribution in [0.15, 0.2) is 53.6 Å². The number of amides is 2. The summed E-state index contributed by atoms with van der Waals surface area (Å²) in [4.78, 5) is 28.5. The molecule has 2 aromatic carbocycles. The van der Waals surface area contributed by atoms with Crippen molar-refractivity contribution in [3.63, 3.8) is 0 Å². The summed E-state index contributed by atoms with van der Waals surface area (Å²) in [7, 11) is 4.86. The molecule has 2 aromatic rings. The van der Waals surface area contributed by atoms with Gasteiger partial charge in [-0.2, -0.15) is 5.10 Å². The summed E-state index contributed by atoms with van der Waals surface area (Å²) in [5.74, 6) is 1.33. The zero-order chi connectivity index (χ0) is 25.5. The van der Waals surface area contributed by atoms with Crippen LogP contribution in [0.5, 0.6) is 11.5 Å². The van der Waals surface area contributed by atoms with Crippen LogP contribution in [0.2, 0.25) is 0 Å². The van der Waals surface area contributed by atoms with Gasteiger partial charge in [0.25, 0.3) is 5.91 Å². The topological polar surface area (TPSA) is 80.7 Å². The smallest absolute Gasteiger partial charge is 0.262 e. The molecule has 2 amide bonds. The predicted molar refractivity (Wildman–Crippen MR) is 137 cm³/mol. The zero-order valence-corrected chi connectivity index (χ0v) is 21.3. The number of carbonyl (C=O) groups is 2. The van der Waals surface area contributed by atoms with Gasteiger partial charge in [0.1, 0.15) is 18.0 Å². The van der Waals surface area contributed by atoms with Crippen LogP contribution in [0.1, 0.15) is 49.3 Å². The van der Waals surface area contributed by atoms with E-state index in [1.54, 1.807) is 31.2 Å². The molecule has 1 aliphatic carbocycles. The average molecular weight is 494 g/mol. The zero-order valence-electron chi connectivity index (χ0n) is 21.3. The number of carbonyl (C=O) groups excluding carboxylic acids is 2. The molecule has 8 heteroatoms. The monoisotopic (exact) mass is 493 g/mol. The summed E-state index contributed by atoms with van der Waals surface area (Å²) < 4.78 is 15.8. The molecule has 0 radical (unpaired) electrons. The van der Waals surface area contributed by atoms with Crippen molar-refractivity contribution < 1.29 is 23.8 Å². The standard InChI is InChI=1S/C28H35N3O5/c1-34-17-16-30(28(33)22-6-4-5-7-22)19-27(32)31-26(21-10-14-24(36-3)15-11-21)18-25(29-31)20-8-12-23(35-2)13-9-20/h8-15,22,26H,4-7,16-19H2,1-3H3. The molecule has 36 heavy (non-hydrogen) atoms. The Morgan fingerprint density at radius 2 is 1.56 bits per heavy atom. The van der Waals surface area contributed by atoms with Crippen molar-refractivity contribution in [3.8, 4) is 11.5 Å². The Labute approximate surface area is 212 Å². The van der Waals surface area contributed by atoms with Crippen LogP contribution in [-0.4, -0.2) is 68.5 Å². The second kappa shape index (κ2) is 12.0. The van der Waals surface area contributed by atoms with Crippen molar-refractivity contribution in [1.29, 1.82) is 0 Å². The third kappa shape index (κ3) is 5.87. The van der Waals surface area contributed by atoms with Gasteiger partial charge in [-0.05, 0) is 60.4 Å². The van der Waals surface area contributed by atoms with Crippen molar-refractivity contribution in [2.45, 2.75) is 38.1 Å².